The van der Waals surface area contributed by atoms with Crippen LogP contribution in [-0.4, -0.2) is 21.1 Å². The molecule has 0 saturated heterocycles. The van der Waals surface area contributed by atoms with Crippen molar-refractivity contribution in [2.24, 2.45) is 11.8 Å². The van der Waals surface area contributed by atoms with Gasteiger partial charge in [-0.1, -0.05) is 38.1 Å². The topological polar surface area (TPSA) is 58.0 Å². The molecule has 2 aromatic heterocycles. The smallest absolute Gasteiger partial charge is 0.210 e. The predicted molar refractivity (Wildman–Crippen MR) is 119 cm³/mol. The van der Waals surface area contributed by atoms with Crippen LogP contribution in [0, 0.1) is 11.8 Å². The summed E-state index contributed by atoms with van der Waals surface area (Å²) in [5, 5.41) is 15.8. The molecule has 1 aromatic carbocycles. The Bertz CT molecular complexity index is 961. The molecular formula is C25H31N3O. The first-order valence-electron chi connectivity index (χ1n) is 10.9. The molecule has 1 aliphatic rings. The number of hydrogen-bond donors (Lipinski definition) is 2. The molecule has 1 fully saturated rings. The number of fused-ring (bicyclic) bond motifs is 1. The second kappa shape index (κ2) is 8.81. The molecule has 152 valence electrons. The summed E-state index contributed by atoms with van der Waals surface area (Å²) >= 11 is 0. The first kappa shape index (κ1) is 19.7. The Balaban J connectivity index is 1.50. The minimum atomic E-state index is 0.0808. The summed E-state index contributed by atoms with van der Waals surface area (Å²) in [6.45, 7) is 4.69. The minimum absolute atomic E-state index is 0.0808. The van der Waals surface area contributed by atoms with Crippen LogP contribution in [0.2, 0.25) is 0 Å². The van der Waals surface area contributed by atoms with Crippen molar-refractivity contribution in [3.05, 3.63) is 59.9 Å². The normalized spacial score (nSPS) is 19.6. The van der Waals surface area contributed by atoms with Gasteiger partial charge < -0.3 is 10.4 Å². The highest BCUT2D eigenvalue weighted by Gasteiger charge is 2.23. The number of rotatable bonds is 6. The number of nitrogens with zero attached hydrogens (tertiary/aromatic N) is 2. The lowest BCUT2D eigenvalue weighted by molar-refractivity contribution is 0.267. The van der Waals surface area contributed by atoms with Gasteiger partial charge in [0.1, 0.15) is 5.82 Å². The largest absolute Gasteiger partial charge is 0.493 e. The van der Waals surface area contributed by atoms with Crippen molar-refractivity contribution < 1.29 is 5.11 Å². The molecule has 0 unspecified atom stereocenters. The zero-order valence-corrected chi connectivity index (χ0v) is 17.4. The van der Waals surface area contributed by atoms with Gasteiger partial charge in [-0.2, -0.15) is 0 Å². The van der Waals surface area contributed by atoms with Gasteiger partial charge in [0.25, 0.3) is 0 Å². The van der Waals surface area contributed by atoms with Crippen LogP contribution in [0.15, 0.2) is 48.8 Å². The zero-order chi connectivity index (χ0) is 20.2. The standard InChI is InChI=1S/C25H31N3O/c1-17(2)19-9-11-21(12-10-19)28-25-23-6-4-3-5-22(23)20(16-27-25)8-7-18-13-14-26-24(29)15-18/h3-6,13-17,19,21H,7-12H2,1-2H3,(H,26,29)(H,27,28)/t19-,21-. The number of aryl methyl sites for hydroxylation is 2. The number of anilines is 1. The maximum atomic E-state index is 9.59. The first-order valence-corrected chi connectivity index (χ1v) is 10.9. The Morgan fingerprint density at radius 2 is 1.76 bits per heavy atom. The van der Waals surface area contributed by atoms with Gasteiger partial charge in [0, 0.05) is 29.9 Å². The van der Waals surface area contributed by atoms with E-state index in [-0.39, 0.29) is 5.88 Å². The number of benzene rings is 1. The summed E-state index contributed by atoms with van der Waals surface area (Å²) in [6.07, 6.45) is 10.5. The molecule has 4 rings (SSSR count). The van der Waals surface area contributed by atoms with Gasteiger partial charge in [-0.3, -0.25) is 0 Å². The molecule has 1 saturated carbocycles. The lowest BCUT2D eigenvalue weighted by Crippen LogP contribution is -2.28. The summed E-state index contributed by atoms with van der Waals surface area (Å²) in [6, 6.07) is 12.8. The monoisotopic (exact) mass is 389 g/mol. The maximum absolute atomic E-state index is 9.59. The molecule has 0 radical (unpaired) electrons. The minimum Gasteiger partial charge on any atom is -0.493 e. The molecule has 3 aromatic rings. The molecule has 29 heavy (non-hydrogen) atoms. The first-order chi connectivity index (χ1) is 14.1. The van der Waals surface area contributed by atoms with E-state index in [1.807, 2.05) is 12.3 Å². The van der Waals surface area contributed by atoms with E-state index >= 15 is 0 Å². The van der Waals surface area contributed by atoms with Gasteiger partial charge >= 0.3 is 0 Å². The van der Waals surface area contributed by atoms with Crippen molar-refractivity contribution in [2.45, 2.75) is 58.4 Å². The van der Waals surface area contributed by atoms with Gasteiger partial charge in [0.2, 0.25) is 5.88 Å². The van der Waals surface area contributed by atoms with Crippen molar-refractivity contribution >= 4 is 16.6 Å². The van der Waals surface area contributed by atoms with E-state index in [1.165, 1.54) is 42.0 Å². The van der Waals surface area contributed by atoms with Crippen molar-refractivity contribution in [1.82, 2.24) is 9.97 Å². The Morgan fingerprint density at radius 3 is 2.48 bits per heavy atom. The molecular weight excluding hydrogens is 358 g/mol. The summed E-state index contributed by atoms with van der Waals surface area (Å²) in [4.78, 5) is 8.67. The Hall–Kier alpha value is -2.62. The maximum Gasteiger partial charge on any atom is 0.210 e. The van der Waals surface area contributed by atoms with Gasteiger partial charge in [0.15, 0.2) is 0 Å². The van der Waals surface area contributed by atoms with Gasteiger partial charge in [-0.25, -0.2) is 9.97 Å². The highest BCUT2D eigenvalue weighted by Crippen LogP contribution is 2.33. The highest BCUT2D eigenvalue weighted by molar-refractivity contribution is 5.94. The highest BCUT2D eigenvalue weighted by atomic mass is 16.3. The summed E-state index contributed by atoms with van der Waals surface area (Å²) in [7, 11) is 0. The Morgan fingerprint density at radius 1 is 1.00 bits per heavy atom. The number of aromatic nitrogens is 2. The SMILES string of the molecule is CC(C)[C@H]1CC[C@H](Nc2ncc(CCc3ccnc(O)c3)c3ccccc23)CC1. The van der Waals surface area contributed by atoms with E-state index in [0.717, 1.165) is 36.1 Å². The van der Waals surface area contributed by atoms with Crippen LogP contribution in [0.25, 0.3) is 10.8 Å². The lowest BCUT2D eigenvalue weighted by Gasteiger charge is -2.31. The average molecular weight is 390 g/mol. The molecule has 4 heteroatoms. The Labute approximate surface area is 173 Å². The van der Waals surface area contributed by atoms with E-state index in [1.54, 1.807) is 12.3 Å². The van der Waals surface area contributed by atoms with E-state index in [9.17, 15) is 5.11 Å². The molecule has 0 amide bonds. The molecule has 1 aliphatic carbocycles. The summed E-state index contributed by atoms with van der Waals surface area (Å²) < 4.78 is 0. The van der Waals surface area contributed by atoms with Gasteiger partial charge in [0.05, 0.1) is 0 Å². The number of aromatic hydroxyl groups is 1. The van der Waals surface area contributed by atoms with Crippen LogP contribution < -0.4 is 5.32 Å². The van der Waals surface area contributed by atoms with Crippen LogP contribution in [-0.2, 0) is 12.8 Å². The van der Waals surface area contributed by atoms with Crippen molar-refractivity contribution in [2.75, 3.05) is 5.32 Å². The fourth-order valence-electron chi connectivity index (χ4n) is 4.58. The van der Waals surface area contributed by atoms with Gasteiger partial charge in [-0.05, 0) is 72.9 Å². The molecule has 0 spiro atoms. The Kier molecular flexibility index (Phi) is 5.98. The zero-order valence-electron chi connectivity index (χ0n) is 17.4. The second-order valence-electron chi connectivity index (χ2n) is 8.70. The third-order valence-corrected chi connectivity index (χ3v) is 6.43. The molecule has 4 nitrogen and oxygen atoms in total. The molecule has 0 atom stereocenters. The van der Waals surface area contributed by atoms with Crippen LogP contribution in [0.1, 0.15) is 50.7 Å². The molecule has 0 aliphatic heterocycles. The number of nitrogens with one attached hydrogen (secondary N) is 1. The van der Waals surface area contributed by atoms with Crippen LogP contribution in [0.3, 0.4) is 0 Å². The van der Waals surface area contributed by atoms with Crippen molar-refractivity contribution in [1.29, 1.82) is 0 Å². The van der Waals surface area contributed by atoms with Crippen LogP contribution in [0.5, 0.6) is 5.88 Å². The van der Waals surface area contributed by atoms with Crippen molar-refractivity contribution in [3.63, 3.8) is 0 Å². The van der Waals surface area contributed by atoms with Crippen LogP contribution in [0.4, 0.5) is 5.82 Å². The second-order valence-corrected chi connectivity index (χ2v) is 8.70. The van der Waals surface area contributed by atoms with E-state index in [2.05, 4.69) is 48.4 Å². The van der Waals surface area contributed by atoms with E-state index in [4.69, 9.17) is 4.98 Å². The van der Waals surface area contributed by atoms with Gasteiger partial charge in [-0.15, -0.1) is 0 Å². The molecule has 2 heterocycles. The predicted octanol–water partition coefficient (Wildman–Crippen LogP) is 5.75. The van der Waals surface area contributed by atoms with Crippen LogP contribution >= 0.6 is 0 Å². The lowest BCUT2D eigenvalue weighted by atomic mass is 9.79. The number of pyridine rings is 2. The summed E-state index contributed by atoms with van der Waals surface area (Å²) in [5.74, 6) is 2.75. The fraction of sp³-hybridized carbons (Fsp3) is 0.440. The summed E-state index contributed by atoms with van der Waals surface area (Å²) in [5.41, 5.74) is 2.33. The van der Waals surface area contributed by atoms with E-state index in [0.29, 0.717) is 6.04 Å². The fourth-order valence-corrected chi connectivity index (χ4v) is 4.58. The quantitative estimate of drug-likeness (QED) is 0.564. The third kappa shape index (κ3) is 4.69. The molecule has 2 N–H and O–H groups in total. The van der Waals surface area contributed by atoms with Crippen molar-refractivity contribution in [3.8, 4) is 5.88 Å². The number of hydrogen-bond acceptors (Lipinski definition) is 4. The molecule has 0 bridgehead atoms. The average Bonchev–Trinajstić information content (AvgIpc) is 2.73. The third-order valence-electron chi connectivity index (χ3n) is 6.43. The van der Waals surface area contributed by atoms with E-state index < -0.39 is 0 Å².